The van der Waals surface area contributed by atoms with Crippen molar-refractivity contribution in [3.8, 4) is 11.1 Å². The highest BCUT2D eigenvalue weighted by atomic mass is 16.2. The number of benzene rings is 2. The Morgan fingerprint density at radius 3 is 2.58 bits per heavy atom. The number of rotatable bonds is 8. The summed E-state index contributed by atoms with van der Waals surface area (Å²) in [5.74, 6) is 7.15. The lowest BCUT2D eigenvalue weighted by atomic mass is 9.97. The summed E-state index contributed by atoms with van der Waals surface area (Å²) in [4.78, 5) is 20.3. The third kappa shape index (κ3) is 4.53. The number of carbonyl (C=O) groups excluding carboxylic acids is 1. The molecule has 172 valence electrons. The van der Waals surface area contributed by atoms with E-state index in [1.165, 1.54) is 0 Å². The predicted octanol–water partition coefficient (Wildman–Crippen LogP) is 4.42. The Labute approximate surface area is 195 Å². The topological polar surface area (TPSA) is 95.4 Å². The van der Waals surface area contributed by atoms with Crippen molar-refractivity contribution in [2.24, 2.45) is 21.0 Å². The highest BCUT2D eigenvalue weighted by Crippen LogP contribution is 2.40. The second-order valence-corrected chi connectivity index (χ2v) is 8.75. The zero-order chi connectivity index (χ0) is 23.3. The Kier molecular flexibility index (Phi) is 6.87. The summed E-state index contributed by atoms with van der Waals surface area (Å²) < 4.78 is 0. The van der Waals surface area contributed by atoms with Crippen molar-refractivity contribution in [2.75, 3.05) is 0 Å². The monoisotopic (exact) mass is 444 g/mol. The lowest BCUT2D eigenvalue weighted by Gasteiger charge is -2.23. The van der Waals surface area contributed by atoms with Crippen LogP contribution < -0.4 is 11.3 Å². The molecule has 1 amide bonds. The van der Waals surface area contributed by atoms with Gasteiger partial charge in [0.2, 0.25) is 0 Å². The molecule has 1 saturated carbocycles. The second kappa shape index (κ2) is 9.98. The molecule has 2 aromatic rings. The molecule has 1 heterocycles. The van der Waals surface area contributed by atoms with E-state index in [-0.39, 0.29) is 5.91 Å². The van der Waals surface area contributed by atoms with Crippen LogP contribution in [0.1, 0.15) is 63.0 Å². The number of aliphatic imine (C=N–C) groups is 1. The number of hydrazone groups is 2. The fourth-order valence-corrected chi connectivity index (χ4v) is 4.85. The third-order valence-electron chi connectivity index (χ3n) is 6.58. The van der Waals surface area contributed by atoms with Gasteiger partial charge < -0.3 is 5.84 Å². The highest BCUT2D eigenvalue weighted by molar-refractivity contribution is 6.08. The lowest BCUT2D eigenvalue weighted by Crippen LogP contribution is -2.40. The second-order valence-electron chi connectivity index (χ2n) is 8.75. The molecule has 33 heavy (non-hydrogen) atoms. The van der Waals surface area contributed by atoms with Crippen molar-refractivity contribution in [2.45, 2.75) is 64.0 Å². The number of amides is 1. The molecule has 1 spiro atoms. The van der Waals surface area contributed by atoms with Gasteiger partial charge >= 0.3 is 0 Å². The minimum atomic E-state index is -0.494. The molecule has 2 aliphatic rings. The minimum Gasteiger partial charge on any atom is -0.321 e. The van der Waals surface area contributed by atoms with E-state index >= 15 is 0 Å². The van der Waals surface area contributed by atoms with Crippen molar-refractivity contribution in [3.63, 3.8) is 0 Å². The molecule has 0 atom stereocenters. The number of unbranched alkanes of at least 4 members (excludes halogenated alkanes) is 1. The van der Waals surface area contributed by atoms with E-state index in [0.29, 0.717) is 12.4 Å². The summed E-state index contributed by atoms with van der Waals surface area (Å²) in [6.45, 7) is 6.18. The molecule has 7 nitrogen and oxygen atoms in total. The third-order valence-corrected chi connectivity index (χ3v) is 6.58. The van der Waals surface area contributed by atoms with Gasteiger partial charge in [-0.3, -0.25) is 20.1 Å². The summed E-state index contributed by atoms with van der Waals surface area (Å²) in [5, 5.41) is 7.51. The van der Waals surface area contributed by atoms with Gasteiger partial charge in [0.1, 0.15) is 11.4 Å². The summed E-state index contributed by atoms with van der Waals surface area (Å²) in [5.41, 5.74) is 6.19. The van der Waals surface area contributed by atoms with Gasteiger partial charge in [0.25, 0.3) is 5.91 Å². The maximum atomic E-state index is 13.4. The molecular weight excluding hydrogens is 412 g/mol. The maximum absolute atomic E-state index is 13.4. The van der Waals surface area contributed by atoms with Crippen LogP contribution in [0.3, 0.4) is 0 Å². The minimum absolute atomic E-state index is 0.187. The number of amidine groups is 2. The van der Waals surface area contributed by atoms with E-state index in [0.717, 1.165) is 73.0 Å². The summed E-state index contributed by atoms with van der Waals surface area (Å²) in [7, 11) is 0. The zero-order valence-electron chi connectivity index (χ0n) is 19.3. The summed E-state index contributed by atoms with van der Waals surface area (Å²) in [6.07, 6.45) is 6.93. The number of hydrogen-bond acceptors (Lipinski definition) is 5. The number of nitrogens with zero attached hydrogens (tertiary/aromatic N) is 4. The Bertz CT molecular complexity index is 1070. The van der Waals surface area contributed by atoms with Gasteiger partial charge in [0.05, 0.1) is 6.54 Å². The molecule has 0 saturated heterocycles. The van der Waals surface area contributed by atoms with Gasteiger partial charge in [-0.25, -0.2) is 0 Å². The Hall–Kier alpha value is -3.48. The quantitative estimate of drug-likeness (QED) is 0.273. The van der Waals surface area contributed by atoms with Crippen LogP contribution in [0.5, 0.6) is 0 Å². The van der Waals surface area contributed by atoms with Crippen LogP contribution in [0.2, 0.25) is 0 Å². The van der Waals surface area contributed by atoms with Crippen LogP contribution in [0.15, 0.2) is 63.7 Å². The summed E-state index contributed by atoms with van der Waals surface area (Å²) >= 11 is 0. The molecule has 2 aromatic carbocycles. The molecule has 3 N–H and O–H groups in total. The Balaban J connectivity index is 1.57. The van der Waals surface area contributed by atoms with Crippen LogP contribution in [-0.2, 0) is 11.3 Å². The fraction of sp³-hybridized carbons (Fsp3) is 0.385. The zero-order valence-corrected chi connectivity index (χ0v) is 19.3. The average Bonchev–Trinajstić information content (AvgIpc) is 3.42. The predicted molar refractivity (Wildman–Crippen MR) is 134 cm³/mol. The van der Waals surface area contributed by atoms with E-state index < -0.39 is 5.54 Å². The van der Waals surface area contributed by atoms with E-state index in [1.807, 2.05) is 29.2 Å². The van der Waals surface area contributed by atoms with Crippen molar-refractivity contribution in [1.82, 2.24) is 10.3 Å². The Morgan fingerprint density at radius 1 is 1.18 bits per heavy atom. The first kappa shape index (κ1) is 22.7. The van der Waals surface area contributed by atoms with Gasteiger partial charge in [0.15, 0.2) is 5.84 Å². The number of hydrogen-bond donors (Lipinski definition) is 2. The molecule has 4 rings (SSSR count). The van der Waals surface area contributed by atoms with Gasteiger partial charge in [-0.1, -0.05) is 74.7 Å². The molecule has 0 aromatic heterocycles. The van der Waals surface area contributed by atoms with Gasteiger partial charge in [0, 0.05) is 18.7 Å². The standard InChI is InChI=1S/C26H32N6O/c1-3-4-11-23-29-26(16-7-8-17-26)25(33)32(23)18-19-12-14-20(15-13-19)21-9-5-6-10-22(21)24(30-27)31-28-2/h5-6,9-10,12-15H,2-4,7-8,11,16-18,27H2,1H3,(H,30,31). The van der Waals surface area contributed by atoms with Crippen LogP contribution in [-0.4, -0.2) is 34.7 Å². The van der Waals surface area contributed by atoms with Crippen LogP contribution in [0.4, 0.5) is 0 Å². The number of carbonyl (C=O) groups is 1. The molecular formula is C26H32N6O. The van der Waals surface area contributed by atoms with Crippen molar-refractivity contribution in [3.05, 3.63) is 59.7 Å². The first-order valence-electron chi connectivity index (χ1n) is 11.7. The fourth-order valence-electron chi connectivity index (χ4n) is 4.85. The van der Waals surface area contributed by atoms with E-state index in [1.54, 1.807) is 0 Å². The molecule has 0 unspecified atom stereocenters. The van der Waals surface area contributed by atoms with E-state index in [9.17, 15) is 4.79 Å². The number of nitrogens with one attached hydrogen (secondary N) is 1. The van der Waals surface area contributed by atoms with Crippen molar-refractivity contribution >= 4 is 24.3 Å². The molecule has 0 radical (unpaired) electrons. The van der Waals surface area contributed by atoms with E-state index in [2.05, 4.69) is 53.5 Å². The van der Waals surface area contributed by atoms with Crippen molar-refractivity contribution < 1.29 is 4.79 Å². The number of nitrogens with two attached hydrogens (primary N) is 1. The van der Waals surface area contributed by atoms with Crippen molar-refractivity contribution in [1.29, 1.82) is 0 Å². The first-order chi connectivity index (χ1) is 16.1. The van der Waals surface area contributed by atoms with Gasteiger partial charge in [-0.2, -0.15) is 10.2 Å². The largest absolute Gasteiger partial charge is 0.321 e. The lowest BCUT2D eigenvalue weighted by molar-refractivity contribution is -0.131. The van der Waals surface area contributed by atoms with Crippen LogP contribution in [0.25, 0.3) is 11.1 Å². The van der Waals surface area contributed by atoms with Gasteiger partial charge in [-0.05, 0) is 36.0 Å². The molecule has 1 aliphatic heterocycles. The average molecular weight is 445 g/mol. The molecule has 0 bridgehead atoms. The maximum Gasteiger partial charge on any atom is 0.256 e. The SMILES string of the molecule is C=NN/C(=N\N)c1ccccc1-c1ccc(CN2C(=O)C3(CCCC3)N=C2CCCC)cc1. The molecule has 7 heteroatoms. The normalized spacial score (nSPS) is 17.5. The Morgan fingerprint density at radius 2 is 1.91 bits per heavy atom. The van der Waals surface area contributed by atoms with E-state index in [4.69, 9.17) is 10.8 Å². The smallest absolute Gasteiger partial charge is 0.256 e. The molecule has 1 aliphatic carbocycles. The first-order valence-corrected chi connectivity index (χ1v) is 11.7. The van der Waals surface area contributed by atoms with Crippen LogP contribution >= 0.6 is 0 Å². The molecule has 1 fully saturated rings. The highest BCUT2D eigenvalue weighted by Gasteiger charge is 2.49. The van der Waals surface area contributed by atoms with Gasteiger partial charge in [-0.15, -0.1) is 0 Å². The summed E-state index contributed by atoms with van der Waals surface area (Å²) in [6, 6.07) is 16.2. The van der Waals surface area contributed by atoms with Crippen LogP contribution in [0, 0.1) is 0 Å².